The summed E-state index contributed by atoms with van der Waals surface area (Å²) in [7, 11) is 3.78. The van der Waals surface area contributed by atoms with Crippen molar-refractivity contribution in [2.75, 3.05) is 27.2 Å². The van der Waals surface area contributed by atoms with Crippen LogP contribution >= 0.6 is 11.3 Å². The van der Waals surface area contributed by atoms with Crippen molar-refractivity contribution in [1.29, 1.82) is 0 Å². The molecule has 1 aliphatic heterocycles. The molecule has 1 aromatic heterocycles. The number of likely N-dealkylation sites (N-methyl/N-ethyl adjacent to an activating group) is 1. The summed E-state index contributed by atoms with van der Waals surface area (Å²) < 4.78 is 5.32. The first kappa shape index (κ1) is 10.9. The Morgan fingerprint density at radius 2 is 2.53 bits per heavy atom. The van der Waals surface area contributed by atoms with Crippen LogP contribution in [0.1, 0.15) is 11.3 Å². The first-order valence-electron chi connectivity index (χ1n) is 5.33. The van der Waals surface area contributed by atoms with Gasteiger partial charge >= 0.3 is 0 Å². The van der Waals surface area contributed by atoms with Gasteiger partial charge in [-0.1, -0.05) is 0 Å². The van der Waals surface area contributed by atoms with Crippen LogP contribution in [-0.2, 0) is 6.54 Å². The predicted octanol–water partition coefficient (Wildman–Crippen LogP) is 1.55. The van der Waals surface area contributed by atoms with Crippen molar-refractivity contribution >= 4 is 11.3 Å². The number of rotatable bonds is 4. The van der Waals surface area contributed by atoms with Crippen LogP contribution in [0.3, 0.4) is 0 Å². The quantitative estimate of drug-likeness (QED) is 0.843. The third-order valence-electron chi connectivity index (χ3n) is 2.97. The van der Waals surface area contributed by atoms with E-state index in [1.165, 1.54) is 17.8 Å². The molecule has 0 saturated carbocycles. The Bertz CT molecular complexity index is 313. The number of hydrogen-bond donors (Lipinski definition) is 1. The molecule has 3 nitrogen and oxygen atoms in total. The average molecular weight is 226 g/mol. The molecule has 0 amide bonds. The van der Waals surface area contributed by atoms with Gasteiger partial charge in [-0.15, -0.1) is 11.3 Å². The van der Waals surface area contributed by atoms with Crippen LogP contribution in [0.25, 0.3) is 0 Å². The molecule has 84 valence electrons. The zero-order valence-corrected chi connectivity index (χ0v) is 10.1. The van der Waals surface area contributed by atoms with E-state index < -0.39 is 0 Å². The van der Waals surface area contributed by atoms with E-state index in [1.807, 2.05) is 13.1 Å². The molecule has 15 heavy (non-hydrogen) atoms. The molecule has 0 aliphatic carbocycles. The molecule has 0 radical (unpaired) electrons. The van der Waals surface area contributed by atoms with E-state index in [4.69, 9.17) is 4.74 Å². The average Bonchev–Trinajstić information content (AvgIpc) is 2.87. The second kappa shape index (κ2) is 4.96. The Balaban J connectivity index is 1.92. The molecule has 1 aliphatic rings. The summed E-state index contributed by atoms with van der Waals surface area (Å²) in [6.07, 6.45) is 1.25. The molecule has 2 heterocycles. The molecule has 1 N–H and O–H groups in total. The van der Waals surface area contributed by atoms with Crippen LogP contribution in [0.5, 0.6) is 5.75 Å². The van der Waals surface area contributed by atoms with Crippen molar-refractivity contribution in [2.45, 2.75) is 19.0 Å². The van der Waals surface area contributed by atoms with E-state index in [1.54, 1.807) is 18.4 Å². The fraction of sp³-hybridized carbons (Fsp3) is 0.636. The van der Waals surface area contributed by atoms with Crippen LogP contribution < -0.4 is 10.1 Å². The molecule has 1 atom stereocenters. The number of nitrogens with one attached hydrogen (secondary N) is 1. The maximum atomic E-state index is 5.32. The lowest BCUT2D eigenvalue weighted by Gasteiger charge is -2.15. The van der Waals surface area contributed by atoms with Gasteiger partial charge in [-0.25, -0.2) is 0 Å². The fourth-order valence-corrected chi connectivity index (χ4v) is 2.92. The van der Waals surface area contributed by atoms with Crippen molar-refractivity contribution in [2.24, 2.45) is 0 Å². The van der Waals surface area contributed by atoms with E-state index in [2.05, 4.69) is 15.6 Å². The molecular formula is C11H18N2OS. The Labute approximate surface area is 95.0 Å². The minimum Gasteiger partial charge on any atom is -0.496 e. The second-order valence-electron chi connectivity index (χ2n) is 3.92. The number of hydrogen-bond acceptors (Lipinski definition) is 4. The SMILES string of the molecule is CNC1CCN(Cc2sccc2OC)C1. The molecule has 1 aromatic rings. The summed E-state index contributed by atoms with van der Waals surface area (Å²) in [6.45, 7) is 3.36. The lowest BCUT2D eigenvalue weighted by Crippen LogP contribution is -2.29. The summed E-state index contributed by atoms with van der Waals surface area (Å²) in [6, 6.07) is 2.71. The zero-order chi connectivity index (χ0) is 10.7. The largest absolute Gasteiger partial charge is 0.496 e. The molecule has 0 aromatic carbocycles. The molecule has 1 unspecified atom stereocenters. The third-order valence-corrected chi connectivity index (χ3v) is 3.86. The van der Waals surface area contributed by atoms with Gasteiger partial charge in [0.2, 0.25) is 0 Å². The van der Waals surface area contributed by atoms with E-state index in [0.717, 1.165) is 18.8 Å². The Kier molecular flexibility index (Phi) is 3.61. The minimum absolute atomic E-state index is 0.663. The van der Waals surface area contributed by atoms with Crippen molar-refractivity contribution in [3.05, 3.63) is 16.3 Å². The molecule has 0 spiro atoms. The number of methoxy groups -OCH3 is 1. The Hall–Kier alpha value is -0.580. The summed E-state index contributed by atoms with van der Waals surface area (Å²) in [4.78, 5) is 3.82. The van der Waals surface area contributed by atoms with E-state index >= 15 is 0 Å². The number of ether oxygens (including phenoxy) is 1. The normalized spacial score (nSPS) is 22.1. The minimum atomic E-state index is 0.663. The highest BCUT2D eigenvalue weighted by atomic mass is 32.1. The van der Waals surface area contributed by atoms with Crippen molar-refractivity contribution in [3.63, 3.8) is 0 Å². The maximum absolute atomic E-state index is 5.32. The molecule has 1 saturated heterocycles. The van der Waals surface area contributed by atoms with Crippen LogP contribution in [0, 0.1) is 0 Å². The van der Waals surface area contributed by atoms with Crippen LogP contribution in [-0.4, -0.2) is 38.2 Å². The Morgan fingerprint density at radius 1 is 1.67 bits per heavy atom. The number of nitrogens with zero attached hydrogens (tertiary/aromatic N) is 1. The second-order valence-corrected chi connectivity index (χ2v) is 4.92. The highest BCUT2D eigenvalue weighted by Gasteiger charge is 2.21. The first-order valence-corrected chi connectivity index (χ1v) is 6.21. The summed E-state index contributed by atoms with van der Waals surface area (Å²) in [5, 5.41) is 5.43. The number of thiophene rings is 1. The van der Waals surface area contributed by atoms with Gasteiger partial charge in [0.1, 0.15) is 5.75 Å². The molecule has 0 bridgehead atoms. The van der Waals surface area contributed by atoms with Crippen molar-refractivity contribution in [1.82, 2.24) is 10.2 Å². The molecule has 4 heteroatoms. The van der Waals surface area contributed by atoms with Gasteiger partial charge in [-0.2, -0.15) is 0 Å². The summed E-state index contributed by atoms with van der Waals surface area (Å²) >= 11 is 1.78. The van der Waals surface area contributed by atoms with Crippen LogP contribution in [0.2, 0.25) is 0 Å². The van der Waals surface area contributed by atoms with E-state index in [0.29, 0.717) is 6.04 Å². The van der Waals surface area contributed by atoms with Gasteiger partial charge in [0.25, 0.3) is 0 Å². The monoisotopic (exact) mass is 226 g/mol. The van der Waals surface area contributed by atoms with E-state index in [-0.39, 0.29) is 0 Å². The maximum Gasteiger partial charge on any atom is 0.134 e. The van der Waals surface area contributed by atoms with Gasteiger partial charge in [-0.05, 0) is 24.9 Å². The summed E-state index contributed by atoms with van der Waals surface area (Å²) in [5.74, 6) is 1.04. The van der Waals surface area contributed by atoms with Gasteiger partial charge in [0.15, 0.2) is 0 Å². The molecular weight excluding hydrogens is 208 g/mol. The summed E-state index contributed by atoms with van der Waals surface area (Å²) in [5.41, 5.74) is 0. The number of likely N-dealkylation sites (tertiary alicyclic amines) is 1. The first-order chi connectivity index (χ1) is 7.33. The lowest BCUT2D eigenvalue weighted by atomic mass is 10.3. The lowest BCUT2D eigenvalue weighted by molar-refractivity contribution is 0.317. The van der Waals surface area contributed by atoms with Gasteiger partial charge in [0.05, 0.1) is 12.0 Å². The highest BCUT2D eigenvalue weighted by molar-refractivity contribution is 7.10. The smallest absolute Gasteiger partial charge is 0.134 e. The van der Waals surface area contributed by atoms with Gasteiger partial charge < -0.3 is 10.1 Å². The fourth-order valence-electron chi connectivity index (χ4n) is 2.04. The van der Waals surface area contributed by atoms with Gasteiger partial charge in [-0.3, -0.25) is 4.90 Å². The zero-order valence-electron chi connectivity index (χ0n) is 9.32. The van der Waals surface area contributed by atoms with Crippen LogP contribution in [0.15, 0.2) is 11.4 Å². The topological polar surface area (TPSA) is 24.5 Å². The predicted molar refractivity (Wildman–Crippen MR) is 63.6 cm³/mol. The van der Waals surface area contributed by atoms with Crippen molar-refractivity contribution < 1.29 is 4.74 Å². The van der Waals surface area contributed by atoms with Crippen molar-refractivity contribution in [3.8, 4) is 5.75 Å². The molecule has 1 fully saturated rings. The van der Waals surface area contributed by atoms with Gasteiger partial charge in [0, 0.05) is 25.7 Å². The Morgan fingerprint density at radius 3 is 3.20 bits per heavy atom. The standard InChI is InChI=1S/C11H18N2OS/c1-12-9-3-5-13(7-9)8-11-10(14-2)4-6-15-11/h4,6,9,12H,3,5,7-8H2,1-2H3. The van der Waals surface area contributed by atoms with Crippen LogP contribution in [0.4, 0.5) is 0 Å². The molecule has 2 rings (SSSR count). The highest BCUT2D eigenvalue weighted by Crippen LogP contribution is 2.27. The third kappa shape index (κ3) is 2.51. The van der Waals surface area contributed by atoms with E-state index in [9.17, 15) is 0 Å².